The van der Waals surface area contributed by atoms with Gasteiger partial charge in [0.15, 0.2) is 0 Å². The molecule has 0 radical (unpaired) electrons. The molecule has 1 aromatic rings. The number of likely N-dealkylation sites (tertiary alicyclic amines) is 1. The fourth-order valence-corrected chi connectivity index (χ4v) is 2.01. The summed E-state index contributed by atoms with van der Waals surface area (Å²) in [7, 11) is 0. The van der Waals surface area contributed by atoms with Gasteiger partial charge >= 0.3 is 5.97 Å². The Bertz CT molecular complexity index is 415. The Labute approximate surface area is 98.0 Å². The van der Waals surface area contributed by atoms with Crippen LogP contribution in [0, 0.1) is 0 Å². The van der Waals surface area contributed by atoms with Gasteiger partial charge in [0.25, 0.3) is 0 Å². The second kappa shape index (κ2) is 4.58. The number of carboxylic acids is 1. The Balaban J connectivity index is 2.12. The van der Waals surface area contributed by atoms with Gasteiger partial charge in [0, 0.05) is 25.4 Å². The number of nitrogens with zero attached hydrogens (tertiary/aromatic N) is 1. The van der Waals surface area contributed by atoms with Crippen LogP contribution in [0.1, 0.15) is 12.2 Å². The summed E-state index contributed by atoms with van der Waals surface area (Å²) < 4.78 is 5.10. The van der Waals surface area contributed by atoms with E-state index in [9.17, 15) is 9.59 Å². The smallest absolute Gasteiger partial charge is 0.326 e. The Morgan fingerprint density at radius 2 is 2.47 bits per heavy atom. The highest BCUT2D eigenvalue weighted by Crippen LogP contribution is 2.17. The molecule has 2 atom stereocenters. The van der Waals surface area contributed by atoms with Crippen LogP contribution in [0.2, 0.25) is 0 Å². The van der Waals surface area contributed by atoms with E-state index in [1.165, 1.54) is 11.2 Å². The maximum Gasteiger partial charge on any atom is 0.326 e. The highest BCUT2D eigenvalue weighted by molar-refractivity contribution is 5.85. The van der Waals surface area contributed by atoms with E-state index in [0.717, 1.165) is 0 Å². The van der Waals surface area contributed by atoms with Crippen molar-refractivity contribution in [2.24, 2.45) is 5.73 Å². The van der Waals surface area contributed by atoms with Crippen LogP contribution in [0.25, 0.3) is 0 Å². The molecule has 1 aromatic heterocycles. The van der Waals surface area contributed by atoms with Crippen LogP contribution in [-0.4, -0.2) is 40.5 Å². The first-order chi connectivity index (χ1) is 8.08. The first kappa shape index (κ1) is 11.7. The fraction of sp³-hybridized carbons (Fsp3) is 0.455. The fourth-order valence-electron chi connectivity index (χ4n) is 2.01. The summed E-state index contributed by atoms with van der Waals surface area (Å²) in [5, 5.41) is 9.16. The van der Waals surface area contributed by atoms with E-state index < -0.39 is 12.0 Å². The van der Waals surface area contributed by atoms with E-state index in [2.05, 4.69) is 0 Å². The molecule has 0 bridgehead atoms. The van der Waals surface area contributed by atoms with Gasteiger partial charge in [-0.15, -0.1) is 0 Å². The number of rotatable bonds is 4. The van der Waals surface area contributed by atoms with Crippen LogP contribution in [-0.2, 0) is 16.0 Å². The summed E-state index contributed by atoms with van der Waals surface area (Å²) in [5.74, 6) is -0.703. The molecule has 0 aromatic carbocycles. The molecular weight excluding hydrogens is 224 g/mol. The first-order valence-corrected chi connectivity index (χ1v) is 5.38. The Morgan fingerprint density at radius 1 is 1.71 bits per heavy atom. The number of carbonyl (C=O) groups is 2. The third kappa shape index (κ3) is 2.47. The molecule has 17 heavy (non-hydrogen) atoms. The van der Waals surface area contributed by atoms with Crippen molar-refractivity contribution in [1.29, 1.82) is 0 Å². The third-order valence-corrected chi connectivity index (χ3v) is 2.82. The van der Waals surface area contributed by atoms with Crippen molar-refractivity contribution in [3.8, 4) is 0 Å². The largest absolute Gasteiger partial charge is 0.480 e. The second-order valence-corrected chi connectivity index (χ2v) is 4.15. The average molecular weight is 238 g/mol. The zero-order valence-electron chi connectivity index (χ0n) is 9.20. The van der Waals surface area contributed by atoms with Crippen LogP contribution >= 0.6 is 0 Å². The topological polar surface area (TPSA) is 96.8 Å². The van der Waals surface area contributed by atoms with Crippen LogP contribution in [0.5, 0.6) is 0 Å². The molecule has 1 aliphatic rings. The highest BCUT2D eigenvalue weighted by Gasteiger charge is 2.36. The minimum Gasteiger partial charge on any atom is -0.480 e. The molecule has 1 aliphatic heterocycles. The zero-order chi connectivity index (χ0) is 12.4. The number of aliphatic carboxylic acids is 1. The minimum absolute atomic E-state index is 0.167. The lowest BCUT2D eigenvalue weighted by Gasteiger charge is -2.23. The van der Waals surface area contributed by atoms with Gasteiger partial charge < -0.3 is 20.2 Å². The van der Waals surface area contributed by atoms with Crippen molar-refractivity contribution in [3.05, 3.63) is 24.2 Å². The van der Waals surface area contributed by atoms with Crippen molar-refractivity contribution >= 4 is 11.9 Å². The zero-order valence-corrected chi connectivity index (χ0v) is 9.20. The monoisotopic (exact) mass is 238 g/mol. The number of nitrogens with two attached hydrogens (primary N) is 1. The lowest BCUT2D eigenvalue weighted by Crippen LogP contribution is -2.44. The van der Waals surface area contributed by atoms with E-state index in [4.69, 9.17) is 15.3 Å². The van der Waals surface area contributed by atoms with E-state index >= 15 is 0 Å². The number of hydrogen-bond donors (Lipinski definition) is 2. The summed E-state index contributed by atoms with van der Waals surface area (Å²) in [5.41, 5.74) is 5.65. The van der Waals surface area contributed by atoms with E-state index in [0.29, 0.717) is 5.76 Å². The molecule has 3 N–H and O–H groups in total. The van der Waals surface area contributed by atoms with Crippen molar-refractivity contribution < 1.29 is 19.1 Å². The molecule has 0 saturated carbocycles. The van der Waals surface area contributed by atoms with Gasteiger partial charge in [0.1, 0.15) is 11.8 Å². The van der Waals surface area contributed by atoms with Crippen LogP contribution in [0.15, 0.2) is 22.8 Å². The van der Waals surface area contributed by atoms with Crippen molar-refractivity contribution in [2.45, 2.75) is 24.9 Å². The molecule has 1 saturated heterocycles. The minimum atomic E-state index is -1.04. The van der Waals surface area contributed by atoms with Gasteiger partial charge in [-0.05, 0) is 12.1 Å². The van der Waals surface area contributed by atoms with Gasteiger partial charge in [-0.2, -0.15) is 0 Å². The molecule has 0 spiro atoms. The van der Waals surface area contributed by atoms with Gasteiger partial charge in [0.2, 0.25) is 5.91 Å². The number of furan rings is 1. The van der Waals surface area contributed by atoms with Crippen LogP contribution in [0.3, 0.4) is 0 Å². The predicted molar refractivity (Wildman–Crippen MR) is 58.1 cm³/mol. The molecule has 92 valence electrons. The van der Waals surface area contributed by atoms with Crippen molar-refractivity contribution in [2.75, 3.05) is 6.54 Å². The van der Waals surface area contributed by atoms with Gasteiger partial charge in [0.05, 0.1) is 6.26 Å². The Hall–Kier alpha value is -1.82. The molecule has 1 amide bonds. The second-order valence-electron chi connectivity index (χ2n) is 4.15. The van der Waals surface area contributed by atoms with Crippen molar-refractivity contribution in [1.82, 2.24) is 4.90 Å². The molecule has 6 heteroatoms. The molecule has 2 rings (SSSR count). The summed E-state index contributed by atoms with van der Waals surface area (Å²) in [6.07, 6.45) is 1.86. The quantitative estimate of drug-likeness (QED) is 0.759. The molecular formula is C11H14N2O4. The van der Waals surface area contributed by atoms with E-state index in [-0.39, 0.29) is 31.3 Å². The standard InChI is InChI=1S/C11H14N2O4/c12-7-4-10(14)13(6-7)9(11(15)16)5-8-2-1-3-17-8/h1-3,7,9H,4-6,12H2,(H,15,16). The van der Waals surface area contributed by atoms with Crippen LogP contribution < -0.4 is 5.73 Å². The van der Waals surface area contributed by atoms with Crippen LogP contribution in [0.4, 0.5) is 0 Å². The number of carbonyl (C=O) groups excluding carboxylic acids is 1. The summed E-state index contributed by atoms with van der Waals surface area (Å²) in [6, 6.07) is 2.20. The molecule has 6 nitrogen and oxygen atoms in total. The average Bonchev–Trinajstić information content (AvgIpc) is 2.84. The summed E-state index contributed by atoms with van der Waals surface area (Å²) >= 11 is 0. The van der Waals surface area contributed by atoms with Gasteiger partial charge in [-0.25, -0.2) is 4.79 Å². The molecule has 2 unspecified atom stereocenters. The number of carboxylic acid groups (broad SMARTS) is 1. The summed E-state index contributed by atoms with van der Waals surface area (Å²) in [4.78, 5) is 24.1. The summed E-state index contributed by atoms with van der Waals surface area (Å²) in [6.45, 7) is 0.288. The van der Waals surface area contributed by atoms with E-state index in [1.54, 1.807) is 12.1 Å². The number of hydrogen-bond acceptors (Lipinski definition) is 4. The lowest BCUT2D eigenvalue weighted by molar-refractivity contribution is -0.148. The van der Waals surface area contributed by atoms with Gasteiger partial charge in [-0.3, -0.25) is 4.79 Å². The third-order valence-electron chi connectivity index (χ3n) is 2.82. The molecule has 1 fully saturated rings. The highest BCUT2D eigenvalue weighted by atomic mass is 16.4. The predicted octanol–water partition coefficient (Wildman–Crippen LogP) is -0.165. The van der Waals surface area contributed by atoms with Gasteiger partial charge in [-0.1, -0.05) is 0 Å². The maximum absolute atomic E-state index is 11.6. The normalized spacial score (nSPS) is 21.8. The molecule has 2 heterocycles. The number of amides is 1. The Morgan fingerprint density at radius 3 is 2.94 bits per heavy atom. The lowest BCUT2D eigenvalue weighted by atomic mass is 10.1. The Kier molecular flexibility index (Phi) is 3.14. The molecule has 0 aliphatic carbocycles. The van der Waals surface area contributed by atoms with Crippen molar-refractivity contribution in [3.63, 3.8) is 0 Å². The van der Waals surface area contributed by atoms with E-state index in [1.807, 2.05) is 0 Å². The first-order valence-electron chi connectivity index (χ1n) is 5.38. The maximum atomic E-state index is 11.6. The SMILES string of the molecule is NC1CC(=O)N(C(Cc2ccco2)C(=O)O)C1.